The second-order valence-corrected chi connectivity index (χ2v) is 5.30. The Hall–Kier alpha value is -1.17. The molecule has 1 aromatic heterocycles. The molecule has 2 heterocycles. The largest absolute Gasteiger partial charge is 0.496 e. The molecule has 1 fully saturated rings. The van der Waals surface area contributed by atoms with Gasteiger partial charge in [0.25, 0.3) is 0 Å². The maximum atomic E-state index is 5.57. The molecule has 1 aliphatic rings. The molecule has 1 atom stereocenters. The van der Waals surface area contributed by atoms with E-state index < -0.39 is 0 Å². The number of nitrogens with one attached hydrogen (secondary N) is 1. The quantitative estimate of drug-likeness (QED) is 0.875. The van der Waals surface area contributed by atoms with E-state index in [9.17, 15) is 0 Å². The average molecular weight is 279 g/mol. The number of likely N-dealkylation sites (N-methyl/N-ethyl adjacent to an activating group) is 1. The van der Waals surface area contributed by atoms with Crippen LogP contribution in [0.3, 0.4) is 0 Å². The van der Waals surface area contributed by atoms with Crippen molar-refractivity contribution in [1.82, 2.24) is 15.2 Å². The van der Waals surface area contributed by atoms with Gasteiger partial charge in [-0.05, 0) is 20.9 Å². The summed E-state index contributed by atoms with van der Waals surface area (Å²) in [5.41, 5.74) is 3.32. The zero-order valence-electron chi connectivity index (χ0n) is 12.9. The Kier molecular flexibility index (Phi) is 5.34. The summed E-state index contributed by atoms with van der Waals surface area (Å²) in [5.74, 6) is 0.952. The zero-order valence-corrected chi connectivity index (χ0v) is 12.9. The topological polar surface area (TPSA) is 46.6 Å². The highest BCUT2D eigenvalue weighted by molar-refractivity contribution is 5.41. The lowest BCUT2D eigenvalue weighted by Crippen LogP contribution is -2.49. The lowest BCUT2D eigenvalue weighted by molar-refractivity contribution is -0.0109. The Morgan fingerprint density at radius 3 is 3.00 bits per heavy atom. The van der Waals surface area contributed by atoms with Crippen molar-refractivity contribution < 1.29 is 9.47 Å². The van der Waals surface area contributed by atoms with Crippen molar-refractivity contribution in [3.8, 4) is 5.75 Å². The van der Waals surface area contributed by atoms with Crippen LogP contribution in [-0.2, 0) is 11.3 Å². The predicted molar refractivity (Wildman–Crippen MR) is 79.2 cm³/mol. The maximum absolute atomic E-state index is 5.57. The number of pyridine rings is 1. The first-order valence-corrected chi connectivity index (χ1v) is 7.12. The average Bonchev–Trinajstić information content (AvgIpc) is 2.45. The summed E-state index contributed by atoms with van der Waals surface area (Å²) in [6.45, 7) is 8.41. The normalized spacial score (nSPS) is 20.1. The molecule has 0 bridgehead atoms. The van der Waals surface area contributed by atoms with Gasteiger partial charge in [0.15, 0.2) is 0 Å². The van der Waals surface area contributed by atoms with Crippen LogP contribution in [0.5, 0.6) is 5.75 Å². The van der Waals surface area contributed by atoms with Gasteiger partial charge < -0.3 is 14.8 Å². The fraction of sp³-hybridized carbons (Fsp3) is 0.667. The molecule has 2 rings (SSSR count). The zero-order chi connectivity index (χ0) is 14.5. The molecule has 0 radical (unpaired) electrons. The van der Waals surface area contributed by atoms with E-state index in [0.29, 0.717) is 6.04 Å². The summed E-state index contributed by atoms with van der Waals surface area (Å²) in [7, 11) is 3.70. The van der Waals surface area contributed by atoms with Crippen molar-refractivity contribution in [1.29, 1.82) is 0 Å². The molecule has 5 nitrogen and oxygen atoms in total. The molecule has 112 valence electrons. The molecule has 5 heteroatoms. The van der Waals surface area contributed by atoms with Gasteiger partial charge in [-0.25, -0.2) is 0 Å². The lowest BCUT2D eigenvalue weighted by Gasteiger charge is -2.35. The van der Waals surface area contributed by atoms with E-state index >= 15 is 0 Å². The number of hydrogen-bond donors (Lipinski definition) is 1. The molecular formula is C15H25N3O2. The minimum Gasteiger partial charge on any atom is -0.496 e. The predicted octanol–water partition coefficient (Wildman–Crippen LogP) is 1.13. The summed E-state index contributed by atoms with van der Waals surface area (Å²) in [5, 5.41) is 3.23. The van der Waals surface area contributed by atoms with Crippen LogP contribution in [-0.4, -0.2) is 56.4 Å². The van der Waals surface area contributed by atoms with Gasteiger partial charge in [-0.15, -0.1) is 0 Å². The SMILES string of the molecule is CNCC1COCCN1Cc1ncc(C)c(OC)c1C. The second kappa shape index (κ2) is 7.02. The van der Waals surface area contributed by atoms with E-state index in [1.54, 1.807) is 7.11 Å². The molecule has 0 saturated carbocycles. The minimum absolute atomic E-state index is 0.405. The first-order chi connectivity index (χ1) is 9.67. The number of ether oxygens (including phenoxy) is 2. The summed E-state index contributed by atoms with van der Waals surface area (Å²) >= 11 is 0. The fourth-order valence-corrected chi connectivity index (χ4v) is 2.74. The third kappa shape index (κ3) is 3.29. The number of nitrogens with zero attached hydrogens (tertiary/aromatic N) is 2. The van der Waals surface area contributed by atoms with E-state index in [0.717, 1.165) is 55.4 Å². The van der Waals surface area contributed by atoms with Crippen LogP contribution in [0.4, 0.5) is 0 Å². The summed E-state index contributed by atoms with van der Waals surface area (Å²) < 4.78 is 11.1. The van der Waals surface area contributed by atoms with Gasteiger partial charge in [0.2, 0.25) is 0 Å². The van der Waals surface area contributed by atoms with Crippen molar-refractivity contribution >= 4 is 0 Å². The van der Waals surface area contributed by atoms with Crippen LogP contribution in [0.1, 0.15) is 16.8 Å². The molecule has 0 amide bonds. The Labute approximate surface area is 121 Å². The smallest absolute Gasteiger partial charge is 0.128 e. The Bertz CT molecular complexity index is 449. The highest BCUT2D eigenvalue weighted by Crippen LogP contribution is 2.25. The van der Waals surface area contributed by atoms with E-state index in [1.807, 2.05) is 20.2 Å². The van der Waals surface area contributed by atoms with Gasteiger partial charge in [0, 0.05) is 43.0 Å². The van der Waals surface area contributed by atoms with E-state index in [-0.39, 0.29) is 0 Å². The maximum Gasteiger partial charge on any atom is 0.128 e. The van der Waals surface area contributed by atoms with Crippen molar-refractivity contribution in [3.05, 3.63) is 23.0 Å². The molecule has 1 N–H and O–H groups in total. The number of aromatic nitrogens is 1. The Morgan fingerprint density at radius 1 is 1.50 bits per heavy atom. The van der Waals surface area contributed by atoms with Crippen molar-refractivity contribution in [3.63, 3.8) is 0 Å². The van der Waals surface area contributed by atoms with Gasteiger partial charge in [0.1, 0.15) is 5.75 Å². The number of rotatable bonds is 5. The highest BCUT2D eigenvalue weighted by atomic mass is 16.5. The molecule has 20 heavy (non-hydrogen) atoms. The van der Waals surface area contributed by atoms with Gasteiger partial charge in [-0.2, -0.15) is 0 Å². The molecule has 0 aromatic carbocycles. The lowest BCUT2D eigenvalue weighted by atomic mass is 10.1. The minimum atomic E-state index is 0.405. The molecular weight excluding hydrogens is 254 g/mol. The van der Waals surface area contributed by atoms with Gasteiger partial charge in [-0.1, -0.05) is 0 Å². The van der Waals surface area contributed by atoms with Crippen molar-refractivity contribution in [2.75, 3.05) is 40.5 Å². The summed E-state index contributed by atoms with van der Waals surface area (Å²) in [6, 6.07) is 0.405. The number of hydrogen-bond acceptors (Lipinski definition) is 5. The summed E-state index contributed by atoms with van der Waals surface area (Å²) in [4.78, 5) is 7.03. The molecule has 1 aromatic rings. The van der Waals surface area contributed by atoms with Gasteiger partial charge >= 0.3 is 0 Å². The first-order valence-electron chi connectivity index (χ1n) is 7.12. The van der Waals surface area contributed by atoms with Crippen LogP contribution in [0.25, 0.3) is 0 Å². The van der Waals surface area contributed by atoms with E-state index in [4.69, 9.17) is 9.47 Å². The van der Waals surface area contributed by atoms with Crippen LogP contribution in [0.2, 0.25) is 0 Å². The monoisotopic (exact) mass is 279 g/mol. The second-order valence-electron chi connectivity index (χ2n) is 5.30. The third-order valence-electron chi connectivity index (χ3n) is 3.89. The molecule has 1 unspecified atom stereocenters. The number of methoxy groups -OCH3 is 1. The molecule has 0 spiro atoms. The van der Waals surface area contributed by atoms with Gasteiger partial charge in [0.05, 0.1) is 26.0 Å². The van der Waals surface area contributed by atoms with Crippen LogP contribution >= 0.6 is 0 Å². The number of morpholine rings is 1. The van der Waals surface area contributed by atoms with Crippen LogP contribution in [0.15, 0.2) is 6.20 Å². The summed E-state index contributed by atoms with van der Waals surface area (Å²) in [6.07, 6.45) is 1.90. The van der Waals surface area contributed by atoms with E-state index in [2.05, 4.69) is 22.1 Å². The van der Waals surface area contributed by atoms with Crippen molar-refractivity contribution in [2.45, 2.75) is 26.4 Å². The molecule has 1 aliphatic heterocycles. The van der Waals surface area contributed by atoms with E-state index in [1.165, 1.54) is 0 Å². The highest BCUT2D eigenvalue weighted by Gasteiger charge is 2.24. The Balaban J connectivity index is 2.16. The standard InChI is InChI=1S/C15H25N3O2/c1-11-7-17-14(12(2)15(11)19-4)9-18-5-6-20-10-13(18)8-16-3/h7,13,16H,5-6,8-10H2,1-4H3. The van der Waals surface area contributed by atoms with Crippen LogP contribution < -0.4 is 10.1 Å². The Morgan fingerprint density at radius 2 is 2.30 bits per heavy atom. The third-order valence-corrected chi connectivity index (χ3v) is 3.89. The first kappa shape index (κ1) is 15.2. The number of aryl methyl sites for hydroxylation is 1. The van der Waals surface area contributed by atoms with Gasteiger partial charge in [-0.3, -0.25) is 9.88 Å². The van der Waals surface area contributed by atoms with Crippen LogP contribution in [0, 0.1) is 13.8 Å². The van der Waals surface area contributed by atoms with Crippen molar-refractivity contribution in [2.24, 2.45) is 0 Å². The molecule has 0 aliphatic carbocycles. The molecule has 1 saturated heterocycles. The fourth-order valence-electron chi connectivity index (χ4n) is 2.74.